The highest BCUT2D eigenvalue weighted by molar-refractivity contribution is 5.97. The number of hydrogen-bond acceptors (Lipinski definition) is 9. The molecule has 0 radical (unpaired) electrons. The predicted molar refractivity (Wildman–Crippen MR) is 170 cm³/mol. The van der Waals surface area contributed by atoms with E-state index in [0.29, 0.717) is 6.42 Å². The highest BCUT2D eigenvalue weighted by atomic mass is 16.4. The maximum absolute atomic E-state index is 13.4. The summed E-state index contributed by atoms with van der Waals surface area (Å²) in [6.07, 6.45) is -0.939. The first-order valence-electron chi connectivity index (χ1n) is 15.6. The first kappa shape index (κ1) is 42.2. The molecule has 16 nitrogen and oxygen atoms in total. The van der Waals surface area contributed by atoms with Crippen molar-refractivity contribution in [3.05, 3.63) is 0 Å². The van der Waals surface area contributed by atoms with E-state index in [0.717, 1.165) is 0 Å². The molecule has 0 saturated heterocycles. The zero-order valence-electron chi connectivity index (χ0n) is 28.6. The average molecular weight is 658 g/mol. The van der Waals surface area contributed by atoms with Crippen LogP contribution in [-0.4, -0.2) is 101 Å². The van der Waals surface area contributed by atoms with Crippen molar-refractivity contribution in [1.82, 2.24) is 31.9 Å². The molecule has 8 atom stereocenters. The Labute approximate surface area is 271 Å². The van der Waals surface area contributed by atoms with Crippen molar-refractivity contribution in [3.8, 4) is 0 Å². The maximum atomic E-state index is 13.4. The number of aliphatic hydroxyl groups excluding tert-OH is 1. The lowest BCUT2D eigenvalue weighted by molar-refractivity contribution is -0.144. The number of rotatable bonds is 19. The van der Waals surface area contributed by atoms with E-state index in [9.17, 15) is 43.8 Å². The minimum Gasteiger partial charge on any atom is -0.480 e. The van der Waals surface area contributed by atoms with Crippen LogP contribution in [0, 0.1) is 23.7 Å². The molecule has 0 rings (SSSR count). The molecule has 16 heteroatoms. The van der Waals surface area contributed by atoms with Gasteiger partial charge in [-0.3, -0.25) is 28.8 Å². The predicted octanol–water partition coefficient (Wildman–Crippen LogP) is -1.65. The largest absolute Gasteiger partial charge is 0.480 e. The van der Waals surface area contributed by atoms with Crippen LogP contribution in [0.2, 0.25) is 0 Å². The summed E-state index contributed by atoms with van der Waals surface area (Å²) in [7, 11) is 0. The van der Waals surface area contributed by atoms with Gasteiger partial charge in [0.1, 0.15) is 36.3 Å². The lowest BCUT2D eigenvalue weighted by Gasteiger charge is -2.30. The van der Waals surface area contributed by atoms with E-state index < -0.39 is 102 Å². The van der Waals surface area contributed by atoms with Crippen molar-refractivity contribution < 1.29 is 43.8 Å². The fourth-order valence-electron chi connectivity index (χ4n) is 4.30. The van der Waals surface area contributed by atoms with Gasteiger partial charge in [0.15, 0.2) is 0 Å². The highest BCUT2D eigenvalue weighted by Gasteiger charge is 2.36. The average Bonchev–Trinajstić information content (AvgIpc) is 2.96. The number of nitrogens with one attached hydrogen (secondary N) is 6. The first-order valence-corrected chi connectivity index (χ1v) is 15.6. The van der Waals surface area contributed by atoms with Crippen molar-refractivity contribution in [2.45, 2.75) is 118 Å². The summed E-state index contributed by atoms with van der Waals surface area (Å²) >= 11 is 0. The van der Waals surface area contributed by atoms with Gasteiger partial charge in [-0.2, -0.15) is 0 Å². The van der Waals surface area contributed by atoms with E-state index in [4.69, 9.17) is 5.73 Å². The molecule has 0 aromatic heterocycles. The fraction of sp³-hybridized carbons (Fsp3) is 0.767. The van der Waals surface area contributed by atoms with Gasteiger partial charge in [0.25, 0.3) is 0 Å². The smallest absolute Gasteiger partial charge is 0.326 e. The van der Waals surface area contributed by atoms with Crippen LogP contribution >= 0.6 is 0 Å². The quantitative estimate of drug-likeness (QED) is 0.0765. The van der Waals surface area contributed by atoms with E-state index in [1.54, 1.807) is 55.4 Å². The number of carbonyl (C=O) groups excluding carboxylic acids is 6. The van der Waals surface area contributed by atoms with Gasteiger partial charge in [0.05, 0.1) is 12.6 Å². The minimum absolute atomic E-state index is 0.314. The number of aliphatic carboxylic acids is 1. The van der Waals surface area contributed by atoms with Crippen LogP contribution in [0.25, 0.3) is 0 Å². The Morgan fingerprint density at radius 1 is 0.543 bits per heavy atom. The monoisotopic (exact) mass is 657 g/mol. The van der Waals surface area contributed by atoms with Crippen molar-refractivity contribution in [2.75, 3.05) is 6.54 Å². The van der Waals surface area contributed by atoms with Crippen LogP contribution in [0.15, 0.2) is 0 Å². The Kier molecular flexibility index (Phi) is 18.0. The number of carbonyl (C=O) groups is 7. The van der Waals surface area contributed by atoms with Gasteiger partial charge in [0.2, 0.25) is 35.4 Å². The highest BCUT2D eigenvalue weighted by Crippen LogP contribution is 2.12. The van der Waals surface area contributed by atoms with Crippen LogP contribution in [0.5, 0.6) is 0 Å². The maximum Gasteiger partial charge on any atom is 0.326 e. The number of carboxylic acid groups (broad SMARTS) is 1. The summed E-state index contributed by atoms with van der Waals surface area (Å²) in [5.74, 6) is -7.15. The molecule has 0 aliphatic heterocycles. The van der Waals surface area contributed by atoms with E-state index in [2.05, 4.69) is 31.9 Å². The van der Waals surface area contributed by atoms with Crippen LogP contribution in [0.3, 0.4) is 0 Å². The second kappa shape index (κ2) is 19.7. The summed E-state index contributed by atoms with van der Waals surface area (Å²) in [5, 5.41) is 34.5. The van der Waals surface area contributed by atoms with Gasteiger partial charge in [-0.05, 0) is 37.5 Å². The summed E-state index contributed by atoms with van der Waals surface area (Å²) in [4.78, 5) is 88.9. The van der Waals surface area contributed by atoms with Gasteiger partial charge in [-0.15, -0.1) is 0 Å². The molecule has 0 unspecified atom stereocenters. The van der Waals surface area contributed by atoms with E-state index in [1.165, 1.54) is 13.8 Å². The fourth-order valence-corrected chi connectivity index (χ4v) is 4.30. The summed E-state index contributed by atoms with van der Waals surface area (Å²) in [6.45, 7) is 15.8. The third-order valence-electron chi connectivity index (χ3n) is 7.54. The van der Waals surface area contributed by atoms with Gasteiger partial charge < -0.3 is 47.8 Å². The zero-order valence-corrected chi connectivity index (χ0v) is 28.6. The Balaban J connectivity index is 5.79. The molecule has 0 fully saturated rings. The van der Waals surface area contributed by atoms with Gasteiger partial charge in [-0.25, -0.2) is 4.79 Å². The normalized spacial score (nSPS) is 16.6. The molecule has 6 amide bonds. The minimum atomic E-state index is -1.52. The molecule has 0 heterocycles. The van der Waals surface area contributed by atoms with Crippen LogP contribution in [-0.2, 0) is 33.6 Å². The number of aliphatic hydroxyl groups is 1. The molecular formula is C30H55N7O9. The number of nitrogens with two attached hydrogens (primary N) is 1. The molecule has 0 bridgehead atoms. The van der Waals surface area contributed by atoms with Gasteiger partial charge in [-0.1, -0.05) is 61.8 Å². The molecule has 264 valence electrons. The molecule has 10 N–H and O–H groups in total. The summed E-state index contributed by atoms with van der Waals surface area (Å²) < 4.78 is 0. The third-order valence-corrected chi connectivity index (χ3v) is 7.54. The van der Waals surface area contributed by atoms with E-state index in [1.807, 2.05) is 0 Å². The van der Waals surface area contributed by atoms with Gasteiger partial charge in [0, 0.05) is 0 Å². The van der Waals surface area contributed by atoms with Crippen molar-refractivity contribution in [2.24, 2.45) is 29.4 Å². The number of amides is 6. The van der Waals surface area contributed by atoms with Crippen molar-refractivity contribution in [1.29, 1.82) is 0 Å². The topological polar surface area (TPSA) is 258 Å². The molecule has 0 aliphatic rings. The van der Waals surface area contributed by atoms with E-state index in [-0.39, 0.29) is 12.5 Å². The SMILES string of the molecule is CC[C@H](C)[C@H](NC(=O)[C@@H](NC(=O)[C@@H](NC(=O)CN)C(C)C)C(C)C)C(=O)N[C@@H](C)C(=O)N[C@H](C(=O)N[C@H](C(=O)O)C(C)C)[C@@H](C)O. The Bertz CT molecular complexity index is 1080. The Hall–Kier alpha value is -3.79. The molecular weight excluding hydrogens is 602 g/mol. The van der Waals surface area contributed by atoms with Crippen LogP contribution < -0.4 is 37.6 Å². The van der Waals surface area contributed by atoms with Crippen molar-refractivity contribution in [3.63, 3.8) is 0 Å². The lowest BCUT2D eigenvalue weighted by atomic mass is 9.95. The number of hydrogen-bond donors (Lipinski definition) is 9. The molecule has 0 saturated carbocycles. The third kappa shape index (κ3) is 13.3. The van der Waals surface area contributed by atoms with Crippen LogP contribution in [0.1, 0.15) is 75.7 Å². The number of carboxylic acids is 1. The van der Waals surface area contributed by atoms with Crippen LogP contribution in [0.4, 0.5) is 0 Å². The summed E-state index contributed by atoms with van der Waals surface area (Å²) in [5.41, 5.74) is 5.36. The Morgan fingerprint density at radius 3 is 1.30 bits per heavy atom. The van der Waals surface area contributed by atoms with E-state index >= 15 is 0 Å². The molecule has 0 aromatic carbocycles. The first-order chi connectivity index (χ1) is 21.2. The molecule has 0 aliphatic carbocycles. The second-order valence-corrected chi connectivity index (χ2v) is 12.6. The summed E-state index contributed by atoms with van der Waals surface area (Å²) in [6, 6.07) is -7.16. The van der Waals surface area contributed by atoms with Gasteiger partial charge >= 0.3 is 5.97 Å². The Morgan fingerprint density at radius 2 is 0.913 bits per heavy atom. The standard InChI is InChI=1S/C30H55N7O9/c1-11-16(8)23(36-27(42)21(14(4)5)34-26(41)20(13(2)3)33-19(39)12-31)28(43)32-17(9)25(40)37-24(18(10)38)29(44)35-22(15(6)7)30(45)46/h13-18,20-24,38H,11-12,31H2,1-10H3,(H,32,43)(H,33,39)(H,34,41)(H,35,44)(H,36,42)(H,37,40)(H,45,46)/t16-,17-,18+,20-,21-,22-,23-,24-/m0/s1. The molecule has 0 spiro atoms. The molecule has 46 heavy (non-hydrogen) atoms. The van der Waals surface area contributed by atoms with Crippen molar-refractivity contribution >= 4 is 41.4 Å². The second-order valence-electron chi connectivity index (χ2n) is 12.6. The lowest BCUT2D eigenvalue weighted by Crippen LogP contribution is -2.62. The zero-order chi connectivity index (χ0) is 36.0. The molecule has 0 aromatic rings.